The highest BCUT2D eigenvalue weighted by atomic mass is 19.2. The SMILES string of the molecule is C=CC1CN(Cc2c(F)c(F)c(F)c(F)c2F)CCC1CC(C)C(O)c1ccnc2ccc(OC)cc12. The van der Waals surface area contributed by atoms with E-state index in [2.05, 4.69) is 11.6 Å². The van der Waals surface area contributed by atoms with E-state index in [9.17, 15) is 27.1 Å². The maximum absolute atomic E-state index is 14.2. The van der Waals surface area contributed by atoms with Gasteiger partial charge in [0.2, 0.25) is 5.82 Å². The first-order valence-corrected chi connectivity index (χ1v) is 12.1. The molecule has 37 heavy (non-hydrogen) atoms. The van der Waals surface area contributed by atoms with Crippen molar-refractivity contribution in [3.8, 4) is 5.75 Å². The van der Waals surface area contributed by atoms with Crippen molar-refractivity contribution in [2.75, 3.05) is 20.2 Å². The molecule has 1 saturated heterocycles. The van der Waals surface area contributed by atoms with Crippen LogP contribution >= 0.6 is 0 Å². The molecule has 9 heteroatoms. The van der Waals surface area contributed by atoms with Crippen LogP contribution in [0.1, 0.15) is 37.0 Å². The number of pyridine rings is 1. The molecule has 1 aromatic heterocycles. The zero-order valence-corrected chi connectivity index (χ0v) is 20.7. The predicted octanol–water partition coefficient (Wildman–Crippen LogP) is 6.32. The van der Waals surface area contributed by atoms with Crippen LogP contribution in [0.15, 0.2) is 43.1 Å². The number of aromatic nitrogens is 1. The summed E-state index contributed by atoms with van der Waals surface area (Å²) in [6, 6.07) is 7.28. The fourth-order valence-corrected chi connectivity index (χ4v) is 5.26. The van der Waals surface area contributed by atoms with E-state index in [1.807, 2.05) is 25.1 Å². The summed E-state index contributed by atoms with van der Waals surface area (Å²) >= 11 is 0. The number of piperidine rings is 1. The molecule has 0 aliphatic carbocycles. The highest BCUT2D eigenvalue weighted by Crippen LogP contribution is 2.37. The second kappa shape index (κ2) is 11.1. The molecule has 0 bridgehead atoms. The van der Waals surface area contributed by atoms with Crippen LogP contribution in [0.2, 0.25) is 0 Å². The molecule has 1 aliphatic rings. The summed E-state index contributed by atoms with van der Waals surface area (Å²) in [5.74, 6) is -9.06. The van der Waals surface area contributed by atoms with E-state index in [1.165, 1.54) is 0 Å². The van der Waals surface area contributed by atoms with Gasteiger partial charge in [-0.3, -0.25) is 9.88 Å². The van der Waals surface area contributed by atoms with Gasteiger partial charge in [0.25, 0.3) is 0 Å². The van der Waals surface area contributed by atoms with Gasteiger partial charge in [-0.1, -0.05) is 13.0 Å². The zero-order valence-electron chi connectivity index (χ0n) is 20.7. The summed E-state index contributed by atoms with van der Waals surface area (Å²) in [7, 11) is 1.57. The van der Waals surface area contributed by atoms with Gasteiger partial charge < -0.3 is 9.84 Å². The number of halogens is 5. The van der Waals surface area contributed by atoms with Crippen LogP contribution in [-0.2, 0) is 6.54 Å². The van der Waals surface area contributed by atoms with Gasteiger partial charge in [-0.05, 0) is 67.0 Å². The van der Waals surface area contributed by atoms with Crippen LogP contribution in [0.25, 0.3) is 10.9 Å². The van der Waals surface area contributed by atoms with Crippen molar-refractivity contribution < 1.29 is 31.8 Å². The molecule has 4 unspecified atom stereocenters. The van der Waals surface area contributed by atoms with E-state index >= 15 is 0 Å². The number of rotatable bonds is 8. The first-order valence-electron chi connectivity index (χ1n) is 12.1. The van der Waals surface area contributed by atoms with Gasteiger partial charge in [0.1, 0.15) is 5.75 Å². The first kappa shape index (κ1) is 27.0. The lowest BCUT2D eigenvalue weighted by molar-refractivity contribution is 0.0714. The van der Waals surface area contributed by atoms with Crippen LogP contribution in [0, 0.1) is 46.8 Å². The van der Waals surface area contributed by atoms with E-state index in [1.54, 1.807) is 30.3 Å². The molecule has 1 N–H and O–H groups in total. The maximum atomic E-state index is 14.2. The van der Waals surface area contributed by atoms with Gasteiger partial charge in [-0.15, -0.1) is 6.58 Å². The van der Waals surface area contributed by atoms with Crippen molar-refractivity contribution in [2.24, 2.45) is 17.8 Å². The number of aliphatic hydroxyl groups excluding tert-OH is 1. The number of fused-ring (bicyclic) bond motifs is 1. The second-order valence-electron chi connectivity index (χ2n) is 9.67. The van der Waals surface area contributed by atoms with E-state index in [-0.39, 0.29) is 17.8 Å². The lowest BCUT2D eigenvalue weighted by Gasteiger charge is -2.39. The third-order valence-corrected chi connectivity index (χ3v) is 7.39. The molecule has 2 heterocycles. The van der Waals surface area contributed by atoms with Crippen molar-refractivity contribution >= 4 is 10.9 Å². The maximum Gasteiger partial charge on any atom is 0.200 e. The Balaban J connectivity index is 1.47. The molecule has 2 aromatic carbocycles. The summed E-state index contributed by atoms with van der Waals surface area (Å²) in [6.07, 6.45) is 3.91. The van der Waals surface area contributed by atoms with Gasteiger partial charge in [-0.2, -0.15) is 0 Å². The number of benzene rings is 2. The first-order chi connectivity index (χ1) is 17.7. The van der Waals surface area contributed by atoms with Crippen LogP contribution < -0.4 is 4.74 Å². The third kappa shape index (κ3) is 5.33. The second-order valence-corrected chi connectivity index (χ2v) is 9.67. The molecule has 0 amide bonds. The summed E-state index contributed by atoms with van der Waals surface area (Å²) in [5.41, 5.74) is 0.659. The smallest absolute Gasteiger partial charge is 0.200 e. The van der Waals surface area contributed by atoms with Crippen molar-refractivity contribution in [3.63, 3.8) is 0 Å². The third-order valence-electron chi connectivity index (χ3n) is 7.39. The zero-order chi connectivity index (χ0) is 26.9. The van der Waals surface area contributed by atoms with Crippen molar-refractivity contribution in [3.05, 3.63) is 83.3 Å². The Morgan fingerprint density at radius 1 is 1.11 bits per heavy atom. The Bertz CT molecular complexity index is 1270. The van der Waals surface area contributed by atoms with Gasteiger partial charge >= 0.3 is 0 Å². The lowest BCUT2D eigenvalue weighted by Crippen LogP contribution is -2.40. The monoisotopic (exact) mass is 520 g/mol. The average Bonchev–Trinajstić information content (AvgIpc) is 2.92. The molecule has 1 fully saturated rings. The largest absolute Gasteiger partial charge is 0.497 e. The minimum atomic E-state index is -2.16. The molecule has 0 saturated carbocycles. The van der Waals surface area contributed by atoms with E-state index in [4.69, 9.17) is 4.74 Å². The van der Waals surface area contributed by atoms with Crippen molar-refractivity contribution in [1.29, 1.82) is 0 Å². The molecule has 3 aromatic rings. The topological polar surface area (TPSA) is 45.6 Å². The number of hydrogen-bond donors (Lipinski definition) is 1. The highest BCUT2D eigenvalue weighted by Gasteiger charge is 2.33. The Morgan fingerprint density at radius 3 is 2.43 bits per heavy atom. The van der Waals surface area contributed by atoms with Gasteiger partial charge in [-0.25, -0.2) is 22.0 Å². The summed E-state index contributed by atoms with van der Waals surface area (Å²) in [4.78, 5) is 6.04. The number of nitrogens with zero attached hydrogens (tertiary/aromatic N) is 2. The summed E-state index contributed by atoms with van der Waals surface area (Å²) in [5, 5.41) is 12.0. The number of aliphatic hydroxyl groups is 1. The Hall–Kier alpha value is -3.04. The number of methoxy groups -OCH3 is 1. The molecule has 0 spiro atoms. The van der Waals surface area contributed by atoms with Gasteiger partial charge in [0, 0.05) is 30.2 Å². The van der Waals surface area contributed by atoms with Crippen LogP contribution in [0.5, 0.6) is 5.75 Å². The molecule has 1 aliphatic heterocycles. The molecule has 198 valence electrons. The van der Waals surface area contributed by atoms with Crippen molar-refractivity contribution in [2.45, 2.75) is 32.4 Å². The van der Waals surface area contributed by atoms with E-state index < -0.39 is 47.3 Å². The molecule has 4 rings (SSSR count). The fourth-order valence-electron chi connectivity index (χ4n) is 5.26. The van der Waals surface area contributed by atoms with E-state index in [0.29, 0.717) is 31.7 Å². The Morgan fingerprint density at radius 2 is 1.78 bits per heavy atom. The minimum absolute atomic E-state index is 0.0843. The van der Waals surface area contributed by atoms with Gasteiger partial charge in [0.05, 0.1) is 18.7 Å². The molecular formula is C28H29F5N2O2. The standard InChI is InChI=1S/C28H29F5N2O2/c1-4-16-13-35(14-21-23(29)25(31)27(33)26(32)24(21)30)10-8-17(16)11-15(2)28(36)19-7-9-34-22-6-5-18(37-3)12-20(19)22/h4-7,9,12,15-17,28,36H,1,8,10-11,13-14H2,2-3H3. The number of ether oxygens (including phenoxy) is 1. The minimum Gasteiger partial charge on any atom is -0.497 e. The normalized spacial score (nSPS) is 20.1. The molecular weight excluding hydrogens is 491 g/mol. The van der Waals surface area contributed by atoms with Crippen molar-refractivity contribution in [1.82, 2.24) is 9.88 Å². The van der Waals surface area contributed by atoms with Crippen LogP contribution in [0.3, 0.4) is 0 Å². The number of likely N-dealkylation sites (tertiary alicyclic amines) is 1. The fraction of sp³-hybridized carbons (Fsp3) is 0.393. The number of hydrogen-bond acceptors (Lipinski definition) is 4. The summed E-state index contributed by atoms with van der Waals surface area (Å²) < 4.78 is 74.3. The molecule has 0 radical (unpaired) electrons. The predicted molar refractivity (Wildman–Crippen MR) is 130 cm³/mol. The van der Waals surface area contributed by atoms with Gasteiger partial charge in [0.15, 0.2) is 23.3 Å². The molecule has 4 nitrogen and oxygen atoms in total. The van der Waals surface area contributed by atoms with Crippen LogP contribution in [0.4, 0.5) is 22.0 Å². The Kier molecular flexibility index (Phi) is 8.14. The molecule has 4 atom stereocenters. The highest BCUT2D eigenvalue weighted by molar-refractivity contribution is 5.83. The summed E-state index contributed by atoms with van der Waals surface area (Å²) in [6.45, 7) is 6.21. The quantitative estimate of drug-likeness (QED) is 0.163. The lowest BCUT2D eigenvalue weighted by atomic mass is 9.77. The Labute approximate surface area is 212 Å². The average molecular weight is 521 g/mol. The van der Waals surface area contributed by atoms with Crippen LogP contribution in [-0.4, -0.2) is 35.2 Å². The van der Waals surface area contributed by atoms with E-state index in [0.717, 1.165) is 16.5 Å².